The summed E-state index contributed by atoms with van der Waals surface area (Å²) >= 11 is 0. The molecule has 1 aromatic carbocycles. The molecule has 0 saturated heterocycles. The van der Waals surface area contributed by atoms with E-state index in [4.69, 9.17) is 9.47 Å². The van der Waals surface area contributed by atoms with Crippen LogP contribution in [0, 0.1) is 0 Å². The molecule has 18 heavy (non-hydrogen) atoms. The summed E-state index contributed by atoms with van der Waals surface area (Å²) in [6, 6.07) is 9.19. The minimum atomic E-state index is -0.122. The van der Waals surface area contributed by atoms with Gasteiger partial charge in [-0.15, -0.1) is 0 Å². The fourth-order valence-corrected chi connectivity index (χ4v) is 2.50. The number of hydrogen-bond donors (Lipinski definition) is 1. The Hall–Kier alpha value is -0.900. The van der Waals surface area contributed by atoms with Gasteiger partial charge in [-0.1, -0.05) is 24.3 Å². The Balaban J connectivity index is 1.78. The topological polar surface area (TPSA) is 30.5 Å². The molecule has 100 valence electrons. The number of ether oxygens (including phenoxy) is 2. The molecule has 0 unspecified atom stereocenters. The molecule has 1 aromatic rings. The Morgan fingerprint density at radius 1 is 1.11 bits per heavy atom. The summed E-state index contributed by atoms with van der Waals surface area (Å²) < 4.78 is 11.1. The van der Waals surface area contributed by atoms with Crippen LogP contribution in [0.2, 0.25) is 0 Å². The average molecular weight is 249 g/mol. The zero-order valence-corrected chi connectivity index (χ0v) is 11.3. The molecule has 0 aromatic heterocycles. The van der Waals surface area contributed by atoms with E-state index >= 15 is 0 Å². The maximum absolute atomic E-state index is 5.53. The van der Waals surface area contributed by atoms with Crippen molar-refractivity contribution >= 4 is 0 Å². The van der Waals surface area contributed by atoms with Gasteiger partial charge in [-0.3, -0.25) is 0 Å². The number of benzene rings is 1. The molecule has 0 saturated carbocycles. The summed E-state index contributed by atoms with van der Waals surface area (Å²) in [5.74, 6) is 0. The van der Waals surface area contributed by atoms with Crippen LogP contribution in [-0.2, 0) is 22.3 Å². The molecule has 3 nitrogen and oxygen atoms in total. The van der Waals surface area contributed by atoms with Gasteiger partial charge in [-0.2, -0.15) is 0 Å². The van der Waals surface area contributed by atoms with Crippen molar-refractivity contribution in [1.82, 2.24) is 5.32 Å². The molecular weight excluding hydrogens is 226 g/mol. The fraction of sp³-hybridized carbons (Fsp3) is 0.600. The van der Waals surface area contributed by atoms with Crippen molar-refractivity contribution in [2.45, 2.75) is 39.0 Å². The highest BCUT2D eigenvalue weighted by Gasteiger charge is 2.21. The van der Waals surface area contributed by atoms with E-state index < -0.39 is 0 Å². The maximum atomic E-state index is 5.53. The predicted molar refractivity (Wildman–Crippen MR) is 72.7 cm³/mol. The van der Waals surface area contributed by atoms with Gasteiger partial charge in [0.1, 0.15) is 0 Å². The zero-order chi connectivity index (χ0) is 12.8. The van der Waals surface area contributed by atoms with Crippen LogP contribution in [0.25, 0.3) is 0 Å². The Kier molecular flexibility index (Phi) is 5.17. The second kappa shape index (κ2) is 6.88. The summed E-state index contributed by atoms with van der Waals surface area (Å²) in [7, 11) is 0. The van der Waals surface area contributed by atoms with Crippen LogP contribution in [0.1, 0.15) is 25.0 Å². The summed E-state index contributed by atoms with van der Waals surface area (Å²) in [5.41, 5.74) is 2.94. The van der Waals surface area contributed by atoms with Gasteiger partial charge in [0.25, 0.3) is 0 Å². The molecule has 0 spiro atoms. The van der Waals surface area contributed by atoms with E-state index in [1.807, 2.05) is 13.8 Å². The van der Waals surface area contributed by atoms with Gasteiger partial charge in [0.2, 0.25) is 0 Å². The van der Waals surface area contributed by atoms with Crippen molar-refractivity contribution in [3.63, 3.8) is 0 Å². The first-order valence-corrected chi connectivity index (χ1v) is 6.86. The lowest BCUT2D eigenvalue weighted by Crippen LogP contribution is -2.38. The smallest absolute Gasteiger partial charge is 0.169 e. The lowest BCUT2D eigenvalue weighted by molar-refractivity contribution is -0.133. The first-order valence-electron chi connectivity index (χ1n) is 6.86. The lowest BCUT2D eigenvalue weighted by atomic mass is 10.1. The summed E-state index contributed by atoms with van der Waals surface area (Å²) in [4.78, 5) is 0. The fourth-order valence-electron chi connectivity index (χ4n) is 2.50. The second-order valence-corrected chi connectivity index (χ2v) is 4.62. The predicted octanol–water partition coefficient (Wildman–Crippen LogP) is 2.14. The van der Waals surface area contributed by atoms with Crippen molar-refractivity contribution in [1.29, 1.82) is 0 Å². The quantitative estimate of drug-likeness (QED) is 0.751. The molecule has 0 atom stereocenters. The van der Waals surface area contributed by atoms with Gasteiger partial charge < -0.3 is 14.8 Å². The Labute approximate surface area is 109 Å². The van der Waals surface area contributed by atoms with Crippen molar-refractivity contribution < 1.29 is 9.47 Å². The molecule has 0 bridgehead atoms. The molecule has 1 aliphatic carbocycles. The Morgan fingerprint density at radius 3 is 2.17 bits per heavy atom. The number of rotatable bonds is 7. The van der Waals surface area contributed by atoms with Gasteiger partial charge in [0, 0.05) is 25.8 Å². The Bertz CT molecular complexity index is 336. The van der Waals surface area contributed by atoms with Gasteiger partial charge in [-0.25, -0.2) is 0 Å². The van der Waals surface area contributed by atoms with E-state index in [1.54, 1.807) is 0 Å². The molecule has 0 aliphatic heterocycles. The van der Waals surface area contributed by atoms with Crippen LogP contribution in [0.3, 0.4) is 0 Å². The van der Waals surface area contributed by atoms with Gasteiger partial charge >= 0.3 is 0 Å². The SMILES string of the molecule is CCOC(CNC1Cc2ccccc2C1)OCC. The molecule has 0 radical (unpaired) electrons. The average Bonchev–Trinajstić information content (AvgIpc) is 2.79. The van der Waals surface area contributed by atoms with Crippen LogP contribution in [0.4, 0.5) is 0 Å². The van der Waals surface area contributed by atoms with Crippen LogP contribution < -0.4 is 5.32 Å². The molecular formula is C15H23NO2. The molecule has 0 amide bonds. The highest BCUT2D eigenvalue weighted by atomic mass is 16.7. The van der Waals surface area contributed by atoms with Crippen LogP contribution in [0.5, 0.6) is 0 Å². The van der Waals surface area contributed by atoms with E-state index in [1.165, 1.54) is 11.1 Å². The van der Waals surface area contributed by atoms with Gasteiger partial charge in [0.05, 0.1) is 0 Å². The van der Waals surface area contributed by atoms with Crippen molar-refractivity contribution in [3.8, 4) is 0 Å². The number of hydrogen-bond acceptors (Lipinski definition) is 3. The minimum Gasteiger partial charge on any atom is -0.352 e. The molecule has 1 N–H and O–H groups in total. The second-order valence-electron chi connectivity index (χ2n) is 4.62. The van der Waals surface area contributed by atoms with Crippen molar-refractivity contribution in [2.75, 3.05) is 19.8 Å². The third-order valence-corrected chi connectivity index (χ3v) is 3.33. The van der Waals surface area contributed by atoms with E-state index in [0.29, 0.717) is 19.3 Å². The molecule has 0 fully saturated rings. The number of nitrogens with one attached hydrogen (secondary N) is 1. The van der Waals surface area contributed by atoms with E-state index in [2.05, 4.69) is 29.6 Å². The monoisotopic (exact) mass is 249 g/mol. The third-order valence-electron chi connectivity index (χ3n) is 3.33. The highest BCUT2D eigenvalue weighted by molar-refractivity contribution is 5.33. The molecule has 3 heteroatoms. The molecule has 0 heterocycles. The van der Waals surface area contributed by atoms with Crippen LogP contribution in [-0.4, -0.2) is 32.1 Å². The first-order chi connectivity index (χ1) is 8.83. The summed E-state index contributed by atoms with van der Waals surface area (Å²) in [6.07, 6.45) is 2.10. The van der Waals surface area contributed by atoms with Crippen molar-refractivity contribution in [2.24, 2.45) is 0 Å². The largest absolute Gasteiger partial charge is 0.352 e. The minimum absolute atomic E-state index is 0.122. The molecule has 2 rings (SSSR count). The summed E-state index contributed by atoms with van der Waals surface area (Å²) in [6.45, 7) is 6.14. The first kappa shape index (κ1) is 13.5. The maximum Gasteiger partial charge on any atom is 0.169 e. The Morgan fingerprint density at radius 2 is 1.67 bits per heavy atom. The van der Waals surface area contributed by atoms with E-state index in [-0.39, 0.29) is 6.29 Å². The summed E-state index contributed by atoms with van der Waals surface area (Å²) in [5, 5.41) is 3.55. The third kappa shape index (κ3) is 3.55. The lowest BCUT2D eigenvalue weighted by Gasteiger charge is -2.20. The van der Waals surface area contributed by atoms with E-state index in [9.17, 15) is 0 Å². The van der Waals surface area contributed by atoms with Crippen LogP contribution in [0.15, 0.2) is 24.3 Å². The van der Waals surface area contributed by atoms with Crippen LogP contribution >= 0.6 is 0 Å². The highest BCUT2D eigenvalue weighted by Crippen LogP contribution is 2.21. The standard InChI is InChI=1S/C15H23NO2/c1-3-17-15(18-4-2)11-16-14-9-12-7-5-6-8-13(12)10-14/h5-8,14-16H,3-4,9-11H2,1-2H3. The van der Waals surface area contributed by atoms with E-state index in [0.717, 1.165) is 19.4 Å². The molecule has 1 aliphatic rings. The number of fused-ring (bicyclic) bond motifs is 1. The van der Waals surface area contributed by atoms with Gasteiger partial charge in [0.15, 0.2) is 6.29 Å². The van der Waals surface area contributed by atoms with Crippen molar-refractivity contribution in [3.05, 3.63) is 35.4 Å². The normalized spacial score (nSPS) is 15.3. The van der Waals surface area contributed by atoms with Gasteiger partial charge in [-0.05, 0) is 37.8 Å². The zero-order valence-electron chi connectivity index (χ0n) is 11.3.